The first kappa shape index (κ1) is 18.5. The lowest BCUT2D eigenvalue weighted by atomic mass is 10.1. The van der Waals surface area contributed by atoms with E-state index in [4.69, 9.17) is 5.11 Å². The maximum Gasteiger partial charge on any atom is 0.417 e. The molecule has 1 amide bonds. The highest BCUT2D eigenvalue weighted by atomic mass is 19.4. The van der Waals surface area contributed by atoms with Crippen LogP contribution in [-0.4, -0.2) is 36.1 Å². The van der Waals surface area contributed by atoms with Crippen molar-refractivity contribution in [2.75, 3.05) is 7.11 Å². The predicted molar refractivity (Wildman–Crippen MR) is 71.6 cm³/mol. The number of methoxy groups -OCH3 is 1. The molecule has 0 aliphatic rings. The number of nitrogens with one attached hydrogen (secondary N) is 1. The van der Waals surface area contributed by atoms with Crippen molar-refractivity contribution in [2.24, 2.45) is 0 Å². The summed E-state index contributed by atoms with van der Waals surface area (Å²) in [5, 5.41) is 11.0. The topological polar surface area (TPSA) is 92.7 Å². The Morgan fingerprint density at radius 3 is 2.39 bits per heavy atom. The standard InChI is InChI=1S/C14H14F3NO5/c1-23-11(19)7-6-10(13(21)22)18-12(20)8-4-2-3-5-9(8)14(15,16)17/h2-5,10H,6-7H2,1H3,(H,18,20)(H,21,22)/t10-/m1/s1. The van der Waals surface area contributed by atoms with Gasteiger partial charge in [0, 0.05) is 6.42 Å². The van der Waals surface area contributed by atoms with Crippen molar-refractivity contribution in [3.8, 4) is 0 Å². The maximum atomic E-state index is 12.8. The van der Waals surface area contributed by atoms with Crippen LogP contribution in [0.1, 0.15) is 28.8 Å². The Morgan fingerprint density at radius 1 is 1.26 bits per heavy atom. The average Bonchev–Trinajstić information content (AvgIpc) is 2.49. The van der Waals surface area contributed by atoms with E-state index in [1.807, 2.05) is 5.32 Å². The third-order valence-electron chi connectivity index (χ3n) is 2.95. The van der Waals surface area contributed by atoms with Crippen molar-refractivity contribution < 1.29 is 37.4 Å². The van der Waals surface area contributed by atoms with Gasteiger partial charge in [0.25, 0.3) is 5.91 Å². The van der Waals surface area contributed by atoms with E-state index in [-0.39, 0.29) is 12.8 Å². The van der Waals surface area contributed by atoms with E-state index >= 15 is 0 Å². The maximum absolute atomic E-state index is 12.8. The highest BCUT2D eigenvalue weighted by molar-refractivity contribution is 5.98. The molecule has 0 fully saturated rings. The zero-order valence-electron chi connectivity index (χ0n) is 12.0. The van der Waals surface area contributed by atoms with Crippen LogP contribution >= 0.6 is 0 Å². The number of esters is 1. The summed E-state index contributed by atoms with van der Waals surface area (Å²) in [6, 6.07) is 2.50. The Bertz CT molecular complexity index is 600. The van der Waals surface area contributed by atoms with Gasteiger partial charge in [-0.1, -0.05) is 12.1 Å². The van der Waals surface area contributed by atoms with Crippen molar-refractivity contribution >= 4 is 17.8 Å². The second-order valence-electron chi connectivity index (χ2n) is 4.52. The minimum absolute atomic E-state index is 0.297. The molecular weight excluding hydrogens is 319 g/mol. The lowest BCUT2D eigenvalue weighted by Crippen LogP contribution is -2.41. The number of halogens is 3. The summed E-state index contributed by atoms with van der Waals surface area (Å²) in [7, 11) is 1.11. The molecule has 2 N–H and O–H groups in total. The molecule has 1 aromatic carbocycles. The van der Waals surface area contributed by atoms with Gasteiger partial charge in [0.1, 0.15) is 6.04 Å². The van der Waals surface area contributed by atoms with E-state index in [1.54, 1.807) is 0 Å². The van der Waals surface area contributed by atoms with E-state index in [0.717, 1.165) is 25.3 Å². The largest absolute Gasteiger partial charge is 0.480 e. The lowest BCUT2D eigenvalue weighted by Gasteiger charge is -2.16. The molecule has 1 rings (SSSR count). The van der Waals surface area contributed by atoms with E-state index in [0.29, 0.717) is 0 Å². The number of rotatable bonds is 6. The molecule has 0 spiro atoms. The number of hydrogen-bond acceptors (Lipinski definition) is 4. The molecule has 0 saturated heterocycles. The van der Waals surface area contributed by atoms with Crippen LogP contribution in [0, 0.1) is 0 Å². The molecule has 0 saturated carbocycles. The summed E-state index contributed by atoms with van der Waals surface area (Å²) in [6.45, 7) is 0. The number of benzene rings is 1. The van der Waals surface area contributed by atoms with Crippen molar-refractivity contribution in [1.29, 1.82) is 0 Å². The third-order valence-corrected chi connectivity index (χ3v) is 2.95. The molecule has 0 aromatic heterocycles. The first-order valence-electron chi connectivity index (χ1n) is 6.43. The highest BCUT2D eigenvalue weighted by Crippen LogP contribution is 2.31. The fraction of sp³-hybridized carbons (Fsp3) is 0.357. The van der Waals surface area contributed by atoms with Crippen molar-refractivity contribution in [3.63, 3.8) is 0 Å². The van der Waals surface area contributed by atoms with Crippen LogP contribution < -0.4 is 5.32 Å². The number of carboxylic acid groups (broad SMARTS) is 1. The Hall–Kier alpha value is -2.58. The number of carbonyl (C=O) groups excluding carboxylic acids is 2. The molecule has 23 heavy (non-hydrogen) atoms. The molecular formula is C14H14F3NO5. The SMILES string of the molecule is COC(=O)CC[C@@H](NC(=O)c1ccccc1C(F)(F)F)C(=O)O. The number of carbonyl (C=O) groups is 3. The Morgan fingerprint density at radius 2 is 1.87 bits per heavy atom. The molecule has 0 heterocycles. The quantitative estimate of drug-likeness (QED) is 0.775. The number of aliphatic carboxylic acids is 1. The molecule has 0 unspecified atom stereocenters. The zero-order chi connectivity index (χ0) is 17.6. The van der Waals surface area contributed by atoms with Crippen LogP contribution in [-0.2, 0) is 20.5 Å². The Balaban J connectivity index is 2.92. The van der Waals surface area contributed by atoms with Crippen molar-refractivity contribution in [2.45, 2.75) is 25.1 Å². The molecule has 0 aliphatic heterocycles. The number of hydrogen-bond donors (Lipinski definition) is 2. The smallest absolute Gasteiger partial charge is 0.417 e. The summed E-state index contributed by atoms with van der Waals surface area (Å²) in [4.78, 5) is 34.0. The third kappa shape index (κ3) is 5.28. The number of carboxylic acids is 1. The van der Waals surface area contributed by atoms with Crippen LogP contribution in [0.2, 0.25) is 0 Å². The second-order valence-corrected chi connectivity index (χ2v) is 4.52. The minimum Gasteiger partial charge on any atom is -0.480 e. The zero-order valence-corrected chi connectivity index (χ0v) is 12.0. The molecule has 126 valence electrons. The Kier molecular flexibility index (Phi) is 6.11. The summed E-state index contributed by atoms with van der Waals surface area (Å²) < 4.78 is 42.9. The van der Waals surface area contributed by atoms with Gasteiger partial charge in [0.2, 0.25) is 0 Å². The minimum atomic E-state index is -4.75. The van der Waals surface area contributed by atoms with Crippen LogP contribution in [0.5, 0.6) is 0 Å². The van der Waals surface area contributed by atoms with Crippen LogP contribution in [0.25, 0.3) is 0 Å². The van der Waals surface area contributed by atoms with Crippen LogP contribution in [0.15, 0.2) is 24.3 Å². The monoisotopic (exact) mass is 333 g/mol. The molecule has 0 aliphatic carbocycles. The van der Waals surface area contributed by atoms with Gasteiger partial charge in [-0.2, -0.15) is 13.2 Å². The fourth-order valence-electron chi connectivity index (χ4n) is 1.79. The van der Waals surface area contributed by atoms with Crippen LogP contribution in [0.4, 0.5) is 13.2 Å². The number of alkyl halides is 3. The van der Waals surface area contributed by atoms with Crippen molar-refractivity contribution in [1.82, 2.24) is 5.32 Å². The van der Waals surface area contributed by atoms with Gasteiger partial charge in [-0.05, 0) is 18.6 Å². The Labute approximate surface area is 129 Å². The number of ether oxygens (including phenoxy) is 1. The molecule has 0 bridgehead atoms. The summed E-state index contributed by atoms with van der Waals surface area (Å²) >= 11 is 0. The summed E-state index contributed by atoms with van der Waals surface area (Å²) in [5.41, 5.74) is -1.86. The second kappa shape index (κ2) is 7.61. The van der Waals surface area contributed by atoms with Gasteiger partial charge in [0.15, 0.2) is 0 Å². The first-order valence-corrected chi connectivity index (χ1v) is 6.43. The van der Waals surface area contributed by atoms with Crippen molar-refractivity contribution in [3.05, 3.63) is 35.4 Å². The van der Waals surface area contributed by atoms with Gasteiger partial charge in [-0.25, -0.2) is 4.79 Å². The molecule has 9 heteroatoms. The highest BCUT2D eigenvalue weighted by Gasteiger charge is 2.35. The first-order chi connectivity index (χ1) is 10.7. The molecule has 1 atom stereocenters. The lowest BCUT2D eigenvalue weighted by molar-refractivity contribution is -0.142. The van der Waals surface area contributed by atoms with Gasteiger partial charge in [-0.3, -0.25) is 9.59 Å². The van der Waals surface area contributed by atoms with Gasteiger partial charge in [0.05, 0.1) is 18.2 Å². The van der Waals surface area contributed by atoms with E-state index in [9.17, 15) is 27.6 Å². The normalized spacial score (nSPS) is 12.3. The number of amides is 1. The fourth-order valence-corrected chi connectivity index (χ4v) is 1.79. The van der Waals surface area contributed by atoms with E-state index in [1.165, 1.54) is 6.07 Å². The summed E-state index contributed by atoms with van der Waals surface area (Å²) in [5.74, 6) is -3.34. The van der Waals surface area contributed by atoms with E-state index < -0.39 is 41.2 Å². The average molecular weight is 333 g/mol. The van der Waals surface area contributed by atoms with Gasteiger partial charge < -0.3 is 15.2 Å². The van der Waals surface area contributed by atoms with Gasteiger partial charge >= 0.3 is 18.1 Å². The predicted octanol–water partition coefficient (Wildman–Crippen LogP) is 1.84. The summed E-state index contributed by atoms with van der Waals surface area (Å²) in [6.07, 6.45) is -5.35. The molecule has 6 nitrogen and oxygen atoms in total. The van der Waals surface area contributed by atoms with Crippen LogP contribution in [0.3, 0.4) is 0 Å². The van der Waals surface area contributed by atoms with E-state index in [2.05, 4.69) is 4.74 Å². The van der Waals surface area contributed by atoms with Gasteiger partial charge in [-0.15, -0.1) is 0 Å². The molecule has 1 aromatic rings. The molecule has 0 radical (unpaired) electrons.